The molecule has 2 rings (SSSR count). The predicted molar refractivity (Wildman–Crippen MR) is 73.9 cm³/mol. The first-order valence-corrected chi connectivity index (χ1v) is 6.62. The molecule has 0 unspecified atom stereocenters. The highest BCUT2D eigenvalue weighted by atomic mass is 16.5. The van der Waals surface area contributed by atoms with Crippen molar-refractivity contribution in [3.8, 4) is 5.75 Å². The second kappa shape index (κ2) is 5.47. The van der Waals surface area contributed by atoms with Crippen molar-refractivity contribution in [1.29, 1.82) is 0 Å². The summed E-state index contributed by atoms with van der Waals surface area (Å²) in [5, 5.41) is 0. The van der Waals surface area contributed by atoms with Gasteiger partial charge in [-0.15, -0.1) is 0 Å². The summed E-state index contributed by atoms with van der Waals surface area (Å²) in [5.74, 6) is 1.98. The van der Waals surface area contributed by atoms with Crippen molar-refractivity contribution in [2.75, 3.05) is 0 Å². The number of benzene rings is 1. The number of rotatable bonds is 4. The van der Waals surface area contributed by atoms with Gasteiger partial charge >= 0.3 is 0 Å². The minimum Gasteiger partial charge on any atom is -0.495 e. The summed E-state index contributed by atoms with van der Waals surface area (Å²) in [4.78, 5) is 0. The lowest BCUT2D eigenvalue weighted by Gasteiger charge is -2.35. The van der Waals surface area contributed by atoms with E-state index in [9.17, 15) is 0 Å². The van der Waals surface area contributed by atoms with Gasteiger partial charge in [0, 0.05) is 12.8 Å². The molecular weight excluding hydrogens is 224 g/mol. The van der Waals surface area contributed by atoms with Gasteiger partial charge in [0.15, 0.2) is 0 Å². The Bertz CT molecular complexity index is 442. The zero-order valence-electron chi connectivity index (χ0n) is 11.7. The lowest BCUT2D eigenvalue weighted by molar-refractivity contribution is -0.0307. The topological polar surface area (TPSA) is 18.5 Å². The molecule has 18 heavy (non-hydrogen) atoms. The summed E-state index contributed by atoms with van der Waals surface area (Å²) in [5.41, 5.74) is 2.59. The Morgan fingerprint density at radius 2 is 1.89 bits per heavy atom. The highest BCUT2D eigenvalue weighted by Gasteiger charge is 2.32. The molecule has 0 aliphatic heterocycles. The SMILES string of the molecule is C/C=C(\C)OC1CC(Oc2ccc(C)c(C)c2)C1. The third kappa shape index (κ3) is 3.06. The summed E-state index contributed by atoms with van der Waals surface area (Å²) in [7, 11) is 0. The maximum atomic E-state index is 5.93. The van der Waals surface area contributed by atoms with Crippen LogP contribution in [0.2, 0.25) is 0 Å². The van der Waals surface area contributed by atoms with Gasteiger partial charge in [-0.1, -0.05) is 6.07 Å². The van der Waals surface area contributed by atoms with Crippen LogP contribution in [0.15, 0.2) is 30.0 Å². The fourth-order valence-electron chi connectivity index (χ4n) is 2.02. The average Bonchev–Trinajstić information content (AvgIpc) is 2.30. The maximum Gasteiger partial charge on any atom is 0.120 e. The summed E-state index contributed by atoms with van der Waals surface area (Å²) in [6.45, 7) is 8.23. The first-order chi connectivity index (χ1) is 8.58. The smallest absolute Gasteiger partial charge is 0.120 e. The first kappa shape index (κ1) is 13.0. The Kier molecular flexibility index (Phi) is 3.95. The minimum atomic E-state index is 0.307. The molecule has 1 fully saturated rings. The molecule has 1 aliphatic rings. The number of ether oxygens (including phenoxy) is 2. The van der Waals surface area contributed by atoms with E-state index in [4.69, 9.17) is 9.47 Å². The van der Waals surface area contributed by atoms with Crippen molar-refractivity contribution in [2.45, 2.75) is 52.7 Å². The summed E-state index contributed by atoms with van der Waals surface area (Å²) in [6, 6.07) is 6.27. The van der Waals surface area contributed by atoms with Crippen LogP contribution < -0.4 is 4.74 Å². The molecular formula is C16H22O2. The van der Waals surface area contributed by atoms with E-state index in [0.29, 0.717) is 12.2 Å². The van der Waals surface area contributed by atoms with Gasteiger partial charge in [0.05, 0.1) is 5.76 Å². The number of aryl methyl sites for hydroxylation is 2. The van der Waals surface area contributed by atoms with Crippen molar-refractivity contribution in [3.05, 3.63) is 41.2 Å². The predicted octanol–water partition coefficient (Wildman–Crippen LogP) is 4.15. The highest BCUT2D eigenvalue weighted by molar-refractivity contribution is 5.34. The molecule has 1 saturated carbocycles. The molecule has 0 amide bonds. The first-order valence-electron chi connectivity index (χ1n) is 6.62. The van der Waals surface area contributed by atoms with Gasteiger partial charge in [-0.3, -0.25) is 0 Å². The lowest BCUT2D eigenvalue weighted by atomic mass is 9.92. The third-order valence-electron chi connectivity index (χ3n) is 3.59. The standard InChI is InChI=1S/C16H22O2/c1-5-13(4)17-15-9-16(10-15)18-14-7-6-11(2)12(3)8-14/h5-8,15-16H,9-10H2,1-4H3/b13-5+. The van der Waals surface area contributed by atoms with E-state index in [0.717, 1.165) is 24.4 Å². The van der Waals surface area contributed by atoms with Gasteiger partial charge in [-0.25, -0.2) is 0 Å². The maximum absolute atomic E-state index is 5.93. The Balaban J connectivity index is 1.81. The van der Waals surface area contributed by atoms with Gasteiger partial charge in [-0.2, -0.15) is 0 Å². The van der Waals surface area contributed by atoms with Crippen LogP contribution in [-0.2, 0) is 4.74 Å². The van der Waals surface area contributed by atoms with Crippen LogP contribution in [0.4, 0.5) is 0 Å². The fraction of sp³-hybridized carbons (Fsp3) is 0.500. The van der Waals surface area contributed by atoms with E-state index in [2.05, 4.69) is 26.0 Å². The van der Waals surface area contributed by atoms with Gasteiger partial charge in [-0.05, 0) is 57.0 Å². The molecule has 0 radical (unpaired) electrons. The lowest BCUT2D eigenvalue weighted by Crippen LogP contribution is -2.39. The van der Waals surface area contributed by atoms with Crippen LogP contribution in [0, 0.1) is 13.8 Å². The van der Waals surface area contributed by atoms with Crippen molar-refractivity contribution in [3.63, 3.8) is 0 Å². The van der Waals surface area contributed by atoms with E-state index in [1.807, 2.05) is 26.0 Å². The van der Waals surface area contributed by atoms with Crippen molar-refractivity contribution in [1.82, 2.24) is 0 Å². The van der Waals surface area contributed by atoms with Crippen molar-refractivity contribution < 1.29 is 9.47 Å². The van der Waals surface area contributed by atoms with E-state index in [-0.39, 0.29) is 0 Å². The van der Waals surface area contributed by atoms with Crippen LogP contribution in [0.1, 0.15) is 37.8 Å². The molecule has 2 nitrogen and oxygen atoms in total. The van der Waals surface area contributed by atoms with E-state index < -0.39 is 0 Å². The largest absolute Gasteiger partial charge is 0.495 e. The summed E-state index contributed by atoms with van der Waals surface area (Å²) in [6.07, 6.45) is 4.60. The summed E-state index contributed by atoms with van der Waals surface area (Å²) < 4.78 is 11.7. The fourth-order valence-corrected chi connectivity index (χ4v) is 2.02. The molecule has 0 atom stereocenters. The molecule has 1 aliphatic carbocycles. The molecule has 2 heteroatoms. The van der Waals surface area contributed by atoms with Gasteiger partial charge in [0.1, 0.15) is 18.0 Å². The Morgan fingerprint density at radius 1 is 1.17 bits per heavy atom. The second-order valence-corrected chi connectivity index (χ2v) is 5.10. The van der Waals surface area contributed by atoms with Crippen LogP contribution in [0.3, 0.4) is 0 Å². The zero-order chi connectivity index (χ0) is 13.1. The highest BCUT2D eigenvalue weighted by Crippen LogP contribution is 2.30. The average molecular weight is 246 g/mol. The molecule has 0 bridgehead atoms. The summed E-state index contributed by atoms with van der Waals surface area (Å²) >= 11 is 0. The van der Waals surface area contributed by atoms with Crippen molar-refractivity contribution >= 4 is 0 Å². The van der Waals surface area contributed by atoms with Crippen LogP contribution in [-0.4, -0.2) is 12.2 Å². The van der Waals surface area contributed by atoms with Crippen molar-refractivity contribution in [2.24, 2.45) is 0 Å². The van der Waals surface area contributed by atoms with Gasteiger partial charge in [0.25, 0.3) is 0 Å². The van der Waals surface area contributed by atoms with E-state index in [1.165, 1.54) is 11.1 Å². The molecule has 1 aromatic carbocycles. The Hall–Kier alpha value is -1.44. The molecule has 0 N–H and O–H groups in total. The number of allylic oxidation sites excluding steroid dienone is 2. The normalized spacial score (nSPS) is 23.4. The molecule has 0 saturated heterocycles. The second-order valence-electron chi connectivity index (χ2n) is 5.10. The minimum absolute atomic E-state index is 0.307. The molecule has 0 aromatic heterocycles. The Labute approximate surface area is 110 Å². The Morgan fingerprint density at radius 3 is 2.50 bits per heavy atom. The van der Waals surface area contributed by atoms with Crippen LogP contribution >= 0.6 is 0 Å². The third-order valence-corrected chi connectivity index (χ3v) is 3.59. The van der Waals surface area contributed by atoms with E-state index in [1.54, 1.807) is 0 Å². The van der Waals surface area contributed by atoms with E-state index >= 15 is 0 Å². The van der Waals surface area contributed by atoms with Gasteiger partial charge in [0.2, 0.25) is 0 Å². The molecule has 98 valence electrons. The number of hydrogen-bond donors (Lipinski definition) is 0. The quantitative estimate of drug-likeness (QED) is 0.743. The monoisotopic (exact) mass is 246 g/mol. The number of hydrogen-bond acceptors (Lipinski definition) is 2. The zero-order valence-corrected chi connectivity index (χ0v) is 11.7. The van der Waals surface area contributed by atoms with Crippen LogP contribution in [0.25, 0.3) is 0 Å². The molecule has 0 spiro atoms. The van der Waals surface area contributed by atoms with Gasteiger partial charge < -0.3 is 9.47 Å². The molecule has 0 heterocycles. The van der Waals surface area contributed by atoms with Crippen LogP contribution in [0.5, 0.6) is 5.75 Å². The molecule has 1 aromatic rings.